The molecule has 0 saturated carbocycles. The molecule has 0 radical (unpaired) electrons. The maximum absolute atomic E-state index is 5.69. The van der Waals surface area contributed by atoms with Gasteiger partial charge >= 0.3 is 0 Å². The first-order valence-corrected chi connectivity index (χ1v) is 8.66. The molecule has 0 aromatic heterocycles. The lowest BCUT2D eigenvalue weighted by Crippen LogP contribution is -2.13. The first-order valence-electron chi connectivity index (χ1n) is 7.75. The number of ether oxygens (including phenoxy) is 1. The number of hydrogen-bond donors (Lipinski definition) is 0. The molecule has 1 aliphatic heterocycles. The van der Waals surface area contributed by atoms with Gasteiger partial charge in [0.05, 0.1) is 6.61 Å². The predicted molar refractivity (Wildman–Crippen MR) is 89.8 cm³/mol. The fraction of sp³-hybridized carbons (Fsp3) is 0.667. The summed E-state index contributed by atoms with van der Waals surface area (Å²) in [7, 11) is 0. The quantitative estimate of drug-likeness (QED) is 0.620. The standard InChI is InChI=1S/C18H27BrO/c1-13(12-18(2,3)4)10-16(19)14-7-8-17-15(11-14)6-5-9-20-17/h7-8,11,13,16H,5-6,9-10,12H2,1-4H3. The Bertz CT molecular complexity index is 447. The van der Waals surface area contributed by atoms with Gasteiger partial charge in [-0.3, -0.25) is 0 Å². The van der Waals surface area contributed by atoms with E-state index in [0.717, 1.165) is 31.1 Å². The van der Waals surface area contributed by atoms with Crippen molar-refractivity contribution in [1.82, 2.24) is 0 Å². The van der Waals surface area contributed by atoms with Gasteiger partial charge in [-0.25, -0.2) is 0 Å². The summed E-state index contributed by atoms with van der Waals surface area (Å²) < 4.78 is 5.69. The van der Waals surface area contributed by atoms with Crippen LogP contribution in [0.1, 0.15) is 62.9 Å². The number of rotatable bonds is 4. The Kier molecular flexibility index (Phi) is 5.17. The monoisotopic (exact) mass is 338 g/mol. The van der Waals surface area contributed by atoms with Gasteiger partial charge in [0, 0.05) is 4.83 Å². The Hall–Kier alpha value is -0.500. The molecule has 2 heteroatoms. The minimum Gasteiger partial charge on any atom is -0.493 e. The summed E-state index contributed by atoms with van der Waals surface area (Å²) in [5.41, 5.74) is 3.19. The van der Waals surface area contributed by atoms with Crippen molar-refractivity contribution in [1.29, 1.82) is 0 Å². The number of benzene rings is 1. The molecule has 1 aliphatic rings. The Morgan fingerprint density at radius 3 is 2.75 bits per heavy atom. The third-order valence-corrected chi connectivity index (χ3v) is 4.77. The number of alkyl halides is 1. The number of fused-ring (bicyclic) bond motifs is 1. The second-order valence-corrected chi connectivity index (χ2v) is 8.50. The van der Waals surface area contributed by atoms with E-state index in [2.05, 4.69) is 61.8 Å². The van der Waals surface area contributed by atoms with Crippen LogP contribution in [0, 0.1) is 11.3 Å². The van der Waals surface area contributed by atoms with Crippen molar-refractivity contribution in [3.8, 4) is 5.75 Å². The molecule has 2 unspecified atom stereocenters. The maximum Gasteiger partial charge on any atom is 0.122 e. The van der Waals surface area contributed by atoms with Gasteiger partial charge in [-0.15, -0.1) is 0 Å². The molecule has 20 heavy (non-hydrogen) atoms. The normalized spacial score (nSPS) is 18.1. The van der Waals surface area contributed by atoms with Crippen LogP contribution in [0.2, 0.25) is 0 Å². The molecule has 0 spiro atoms. The average Bonchev–Trinajstić information content (AvgIpc) is 2.35. The molecule has 0 amide bonds. The van der Waals surface area contributed by atoms with Crippen molar-refractivity contribution in [3.63, 3.8) is 0 Å². The van der Waals surface area contributed by atoms with Crippen LogP contribution in [0.15, 0.2) is 18.2 Å². The highest BCUT2D eigenvalue weighted by Crippen LogP contribution is 2.37. The van der Waals surface area contributed by atoms with Crippen LogP contribution in [0.3, 0.4) is 0 Å². The highest BCUT2D eigenvalue weighted by molar-refractivity contribution is 9.09. The van der Waals surface area contributed by atoms with E-state index in [4.69, 9.17) is 4.74 Å². The van der Waals surface area contributed by atoms with E-state index in [1.54, 1.807) is 0 Å². The highest BCUT2D eigenvalue weighted by Gasteiger charge is 2.20. The largest absolute Gasteiger partial charge is 0.493 e. The molecule has 0 N–H and O–H groups in total. The van der Waals surface area contributed by atoms with Crippen LogP contribution >= 0.6 is 15.9 Å². The van der Waals surface area contributed by atoms with E-state index >= 15 is 0 Å². The van der Waals surface area contributed by atoms with Gasteiger partial charge in [0.1, 0.15) is 5.75 Å². The van der Waals surface area contributed by atoms with E-state index < -0.39 is 0 Å². The number of aryl methyl sites for hydroxylation is 1. The molecule has 1 aromatic rings. The second kappa shape index (κ2) is 6.51. The lowest BCUT2D eigenvalue weighted by molar-refractivity contribution is 0.287. The van der Waals surface area contributed by atoms with Crippen molar-refractivity contribution in [3.05, 3.63) is 29.3 Å². The lowest BCUT2D eigenvalue weighted by atomic mass is 9.83. The van der Waals surface area contributed by atoms with Crippen LogP contribution in [0.4, 0.5) is 0 Å². The van der Waals surface area contributed by atoms with Crippen LogP contribution in [0.5, 0.6) is 5.75 Å². The first kappa shape index (κ1) is 15.9. The Morgan fingerprint density at radius 2 is 2.05 bits per heavy atom. The summed E-state index contributed by atoms with van der Waals surface area (Å²) in [5, 5.41) is 0. The number of halogens is 1. The Balaban J connectivity index is 2.00. The summed E-state index contributed by atoms with van der Waals surface area (Å²) in [5.74, 6) is 1.81. The summed E-state index contributed by atoms with van der Waals surface area (Å²) in [6.07, 6.45) is 4.75. The minimum absolute atomic E-state index is 0.413. The van der Waals surface area contributed by atoms with Gasteiger partial charge in [0.2, 0.25) is 0 Å². The summed E-state index contributed by atoms with van der Waals surface area (Å²) in [4.78, 5) is 0.451. The molecule has 1 heterocycles. The summed E-state index contributed by atoms with van der Waals surface area (Å²) in [6, 6.07) is 6.69. The smallest absolute Gasteiger partial charge is 0.122 e. The van der Waals surface area contributed by atoms with Crippen molar-refractivity contribution in [2.45, 2.75) is 58.2 Å². The lowest BCUT2D eigenvalue weighted by Gasteiger charge is -2.25. The van der Waals surface area contributed by atoms with E-state index in [9.17, 15) is 0 Å². The van der Waals surface area contributed by atoms with Gasteiger partial charge in [-0.05, 0) is 54.2 Å². The molecule has 0 fully saturated rings. The first-order chi connectivity index (χ1) is 9.35. The topological polar surface area (TPSA) is 9.23 Å². The fourth-order valence-electron chi connectivity index (χ4n) is 3.19. The van der Waals surface area contributed by atoms with E-state index in [0.29, 0.717) is 10.2 Å². The van der Waals surface area contributed by atoms with Crippen molar-refractivity contribution < 1.29 is 4.74 Å². The third-order valence-electron chi connectivity index (χ3n) is 3.86. The predicted octanol–water partition coefficient (Wildman–Crippen LogP) is 5.91. The van der Waals surface area contributed by atoms with Crippen molar-refractivity contribution >= 4 is 15.9 Å². The second-order valence-electron chi connectivity index (χ2n) is 7.39. The molecule has 2 atom stereocenters. The molecular formula is C18H27BrO. The zero-order valence-electron chi connectivity index (χ0n) is 13.2. The van der Waals surface area contributed by atoms with Gasteiger partial charge < -0.3 is 4.74 Å². The molecular weight excluding hydrogens is 312 g/mol. The Labute approximate surface area is 132 Å². The van der Waals surface area contributed by atoms with Gasteiger partial charge in [-0.1, -0.05) is 55.8 Å². The Morgan fingerprint density at radius 1 is 1.30 bits per heavy atom. The van der Waals surface area contributed by atoms with E-state index in [1.807, 2.05) is 0 Å². The zero-order valence-corrected chi connectivity index (χ0v) is 14.8. The van der Waals surface area contributed by atoms with Crippen molar-refractivity contribution in [2.75, 3.05) is 6.61 Å². The summed E-state index contributed by atoms with van der Waals surface area (Å²) >= 11 is 3.88. The SMILES string of the molecule is CC(CC(Br)c1ccc2c(c1)CCCO2)CC(C)(C)C. The van der Waals surface area contributed by atoms with Crippen LogP contribution < -0.4 is 4.74 Å². The van der Waals surface area contributed by atoms with Crippen LogP contribution in [-0.2, 0) is 6.42 Å². The molecule has 112 valence electrons. The van der Waals surface area contributed by atoms with Crippen LogP contribution in [-0.4, -0.2) is 6.61 Å². The van der Waals surface area contributed by atoms with E-state index in [1.165, 1.54) is 24.0 Å². The molecule has 1 nitrogen and oxygen atoms in total. The molecule has 0 aliphatic carbocycles. The van der Waals surface area contributed by atoms with Crippen molar-refractivity contribution in [2.24, 2.45) is 11.3 Å². The molecule has 1 aromatic carbocycles. The van der Waals surface area contributed by atoms with Crippen LogP contribution in [0.25, 0.3) is 0 Å². The molecule has 0 bridgehead atoms. The van der Waals surface area contributed by atoms with E-state index in [-0.39, 0.29) is 0 Å². The number of hydrogen-bond acceptors (Lipinski definition) is 1. The fourth-order valence-corrected chi connectivity index (χ4v) is 4.12. The zero-order chi connectivity index (χ0) is 14.8. The van der Waals surface area contributed by atoms with Gasteiger partial charge in [-0.2, -0.15) is 0 Å². The highest BCUT2D eigenvalue weighted by atomic mass is 79.9. The molecule has 0 saturated heterocycles. The van der Waals surface area contributed by atoms with Gasteiger partial charge in [0.15, 0.2) is 0 Å². The van der Waals surface area contributed by atoms with Gasteiger partial charge in [0.25, 0.3) is 0 Å². The molecule has 2 rings (SSSR count). The third kappa shape index (κ3) is 4.51. The summed E-state index contributed by atoms with van der Waals surface area (Å²) in [6.45, 7) is 10.2. The minimum atomic E-state index is 0.413. The average molecular weight is 339 g/mol. The maximum atomic E-state index is 5.69.